The van der Waals surface area contributed by atoms with Gasteiger partial charge in [0.25, 0.3) is 0 Å². The fourth-order valence-corrected chi connectivity index (χ4v) is 2.22. The van der Waals surface area contributed by atoms with Crippen molar-refractivity contribution >= 4 is 0 Å². The summed E-state index contributed by atoms with van der Waals surface area (Å²) in [5.74, 6) is 0.709. The summed E-state index contributed by atoms with van der Waals surface area (Å²) in [6, 6.07) is 0.669. The summed E-state index contributed by atoms with van der Waals surface area (Å²) in [6.45, 7) is 8.72. The molecule has 0 aliphatic carbocycles. The third-order valence-corrected chi connectivity index (χ3v) is 2.85. The van der Waals surface area contributed by atoms with Gasteiger partial charge in [-0.05, 0) is 18.8 Å². The number of likely N-dealkylation sites (tertiary alicyclic amines) is 1. The maximum absolute atomic E-state index is 9.38. The van der Waals surface area contributed by atoms with Crippen LogP contribution in [-0.4, -0.2) is 35.2 Å². The lowest BCUT2D eigenvalue weighted by molar-refractivity contribution is 0.138. The summed E-state index contributed by atoms with van der Waals surface area (Å²) in [5, 5.41) is 9.38. The zero-order valence-corrected chi connectivity index (χ0v) is 8.45. The number of hydrogen-bond donors (Lipinski definition) is 1. The van der Waals surface area contributed by atoms with Crippen molar-refractivity contribution in [2.45, 2.75) is 45.8 Å². The molecular weight excluding hydrogens is 150 g/mol. The van der Waals surface area contributed by atoms with Crippen LogP contribution in [-0.2, 0) is 0 Å². The molecule has 2 atom stereocenters. The van der Waals surface area contributed by atoms with Gasteiger partial charge in [-0.3, -0.25) is 4.90 Å². The van der Waals surface area contributed by atoms with Crippen molar-refractivity contribution in [2.75, 3.05) is 13.1 Å². The maximum Gasteiger partial charge on any atom is 0.0679 e. The van der Waals surface area contributed by atoms with E-state index in [-0.39, 0.29) is 6.10 Å². The van der Waals surface area contributed by atoms with E-state index in [0.717, 1.165) is 19.5 Å². The van der Waals surface area contributed by atoms with E-state index < -0.39 is 0 Å². The summed E-state index contributed by atoms with van der Waals surface area (Å²) >= 11 is 0. The van der Waals surface area contributed by atoms with Gasteiger partial charge in [-0.15, -0.1) is 0 Å². The summed E-state index contributed by atoms with van der Waals surface area (Å²) in [5.41, 5.74) is 0. The lowest BCUT2D eigenvalue weighted by Gasteiger charge is -2.29. The molecule has 0 bridgehead atoms. The molecule has 1 aliphatic rings. The highest BCUT2D eigenvalue weighted by Crippen LogP contribution is 2.19. The number of nitrogens with zero attached hydrogens (tertiary/aromatic N) is 1. The Morgan fingerprint density at radius 3 is 2.50 bits per heavy atom. The molecule has 2 nitrogen and oxygen atoms in total. The van der Waals surface area contributed by atoms with Gasteiger partial charge >= 0.3 is 0 Å². The minimum atomic E-state index is -0.0715. The third kappa shape index (κ3) is 2.20. The molecule has 0 amide bonds. The first-order chi connectivity index (χ1) is 5.65. The van der Waals surface area contributed by atoms with Crippen LogP contribution in [0.2, 0.25) is 0 Å². The van der Waals surface area contributed by atoms with Crippen LogP contribution in [0.4, 0.5) is 0 Å². The van der Waals surface area contributed by atoms with E-state index >= 15 is 0 Å². The Bertz CT molecular complexity index is 136. The van der Waals surface area contributed by atoms with Crippen LogP contribution in [0.5, 0.6) is 0 Å². The van der Waals surface area contributed by atoms with E-state index in [1.165, 1.54) is 6.42 Å². The average molecular weight is 171 g/mol. The fourth-order valence-electron chi connectivity index (χ4n) is 2.22. The molecule has 1 saturated heterocycles. The topological polar surface area (TPSA) is 23.5 Å². The van der Waals surface area contributed by atoms with Crippen LogP contribution >= 0.6 is 0 Å². The van der Waals surface area contributed by atoms with E-state index in [9.17, 15) is 5.11 Å². The van der Waals surface area contributed by atoms with Gasteiger partial charge in [-0.2, -0.15) is 0 Å². The maximum atomic E-state index is 9.38. The Balaban J connectivity index is 2.44. The lowest BCUT2D eigenvalue weighted by atomic mass is 10.0. The normalized spacial score (nSPS) is 28.2. The first kappa shape index (κ1) is 10.0. The van der Waals surface area contributed by atoms with Gasteiger partial charge in [0.05, 0.1) is 6.10 Å². The second-order valence-electron chi connectivity index (χ2n) is 4.16. The highest BCUT2D eigenvalue weighted by molar-refractivity contribution is 4.81. The molecule has 0 saturated carbocycles. The smallest absolute Gasteiger partial charge is 0.0679 e. The van der Waals surface area contributed by atoms with E-state index in [2.05, 4.69) is 25.7 Å². The predicted molar refractivity (Wildman–Crippen MR) is 51.1 cm³/mol. The molecule has 0 aromatic heterocycles. The monoisotopic (exact) mass is 171 g/mol. The van der Waals surface area contributed by atoms with Gasteiger partial charge in [0.15, 0.2) is 0 Å². The molecule has 72 valence electrons. The molecular formula is C10H21NO. The summed E-state index contributed by atoms with van der Waals surface area (Å²) in [6.07, 6.45) is 2.09. The molecule has 0 aromatic carbocycles. The molecule has 1 rings (SSSR count). The summed E-state index contributed by atoms with van der Waals surface area (Å²) in [7, 11) is 0. The van der Waals surface area contributed by atoms with Crippen LogP contribution in [0.1, 0.15) is 33.6 Å². The SMILES string of the molecule is CCC(C(C)C)N1CC[C@@H](O)C1. The van der Waals surface area contributed by atoms with Gasteiger partial charge in [0.2, 0.25) is 0 Å². The molecule has 1 fully saturated rings. The quantitative estimate of drug-likeness (QED) is 0.695. The Hall–Kier alpha value is -0.0800. The van der Waals surface area contributed by atoms with E-state index in [0.29, 0.717) is 12.0 Å². The van der Waals surface area contributed by atoms with Crippen molar-refractivity contribution in [1.29, 1.82) is 0 Å². The zero-order chi connectivity index (χ0) is 9.14. The molecule has 0 spiro atoms. The number of rotatable bonds is 3. The molecule has 1 heterocycles. The second-order valence-corrected chi connectivity index (χ2v) is 4.16. The van der Waals surface area contributed by atoms with Crippen molar-refractivity contribution in [3.8, 4) is 0 Å². The first-order valence-electron chi connectivity index (χ1n) is 5.07. The fraction of sp³-hybridized carbons (Fsp3) is 1.00. The zero-order valence-electron chi connectivity index (χ0n) is 8.45. The van der Waals surface area contributed by atoms with Crippen molar-refractivity contribution in [1.82, 2.24) is 4.90 Å². The third-order valence-electron chi connectivity index (χ3n) is 2.85. The van der Waals surface area contributed by atoms with Gasteiger partial charge < -0.3 is 5.11 Å². The Morgan fingerprint density at radius 2 is 2.17 bits per heavy atom. The first-order valence-corrected chi connectivity index (χ1v) is 5.07. The van der Waals surface area contributed by atoms with Crippen molar-refractivity contribution in [3.63, 3.8) is 0 Å². The lowest BCUT2D eigenvalue weighted by Crippen LogP contribution is -2.37. The summed E-state index contributed by atoms with van der Waals surface area (Å²) < 4.78 is 0. The highest BCUT2D eigenvalue weighted by atomic mass is 16.3. The Labute approximate surface area is 75.6 Å². The number of aliphatic hydroxyl groups excluding tert-OH is 1. The van der Waals surface area contributed by atoms with Gasteiger partial charge in [0.1, 0.15) is 0 Å². The highest BCUT2D eigenvalue weighted by Gasteiger charge is 2.27. The molecule has 0 radical (unpaired) electrons. The minimum absolute atomic E-state index is 0.0715. The predicted octanol–water partition coefficient (Wildman–Crippen LogP) is 1.49. The van der Waals surface area contributed by atoms with Crippen LogP contribution < -0.4 is 0 Å². The molecule has 1 N–H and O–H groups in total. The number of hydrogen-bond acceptors (Lipinski definition) is 2. The molecule has 0 aromatic rings. The second kappa shape index (κ2) is 4.24. The van der Waals surface area contributed by atoms with Gasteiger partial charge in [-0.25, -0.2) is 0 Å². The van der Waals surface area contributed by atoms with Crippen LogP contribution in [0.3, 0.4) is 0 Å². The van der Waals surface area contributed by atoms with Crippen molar-refractivity contribution < 1.29 is 5.11 Å². The van der Waals surface area contributed by atoms with Gasteiger partial charge in [-0.1, -0.05) is 20.8 Å². The summed E-state index contributed by atoms with van der Waals surface area (Å²) in [4.78, 5) is 2.43. The average Bonchev–Trinajstić information content (AvgIpc) is 2.37. The van der Waals surface area contributed by atoms with Gasteiger partial charge in [0, 0.05) is 19.1 Å². The van der Waals surface area contributed by atoms with E-state index in [1.807, 2.05) is 0 Å². The number of aliphatic hydroxyl groups is 1. The van der Waals surface area contributed by atoms with E-state index in [4.69, 9.17) is 0 Å². The van der Waals surface area contributed by atoms with Crippen LogP contribution in [0, 0.1) is 5.92 Å². The van der Waals surface area contributed by atoms with Crippen LogP contribution in [0.25, 0.3) is 0 Å². The standard InChI is InChI=1S/C10H21NO/c1-4-10(8(2)3)11-6-5-9(12)7-11/h8-10,12H,4-7H2,1-3H3/t9-,10?/m1/s1. The van der Waals surface area contributed by atoms with Crippen molar-refractivity contribution in [2.24, 2.45) is 5.92 Å². The Morgan fingerprint density at radius 1 is 1.50 bits per heavy atom. The van der Waals surface area contributed by atoms with E-state index in [1.54, 1.807) is 0 Å². The minimum Gasteiger partial charge on any atom is -0.392 e. The number of β-amino-alcohol motifs (C(OH)–C–C–N with tert-alkyl or cyclic N) is 1. The molecule has 12 heavy (non-hydrogen) atoms. The Kier molecular flexibility index (Phi) is 3.53. The molecule has 1 aliphatic heterocycles. The van der Waals surface area contributed by atoms with Crippen LogP contribution in [0.15, 0.2) is 0 Å². The molecule has 2 heteroatoms. The van der Waals surface area contributed by atoms with Crippen molar-refractivity contribution in [3.05, 3.63) is 0 Å². The largest absolute Gasteiger partial charge is 0.392 e. The molecule has 1 unspecified atom stereocenters.